The zero-order chi connectivity index (χ0) is 10.7. The quantitative estimate of drug-likeness (QED) is 0.795. The lowest BCUT2D eigenvalue weighted by Gasteiger charge is -2.18. The molecule has 0 saturated carbocycles. The van der Waals surface area contributed by atoms with Crippen LogP contribution in [0.15, 0.2) is 30.3 Å². The number of anilines is 1. The minimum atomic E-state index is 0.0465. The van der Waals surface area contributed by atoms with Gasteiger partial charge in [-0.1, -0.05) is 18.2 Å². The molecule has 3 heteroatoms. The molecule has 1 fully saturated rings. The minimum Gasteiger partial charge on any atom is -0.325 e. The Balaban J connectivity index is 1.98. The Labute approximate surface area is 90.1 Å². The van der Waals surface area contributed by atoms with E-state index in [-0.39, 0.29) is 11.9 Å². The number of amides is 1. The van der Waals surface area contributed by atoms with Gasteiger partial charge >= 0.3 is 0 Å². The normalized spacial score (nSPS) is 21.5. The molecule has 1 aromatic carbocycles. The van der Waals surface area contributed by atoms with Crippen molar-refractivity contribution < 1.29 is 4.79 Å². The fourth-order valence-electron chi connectivity index (χ4n) is 1.99. The molecule has 3 nitrogen and oxygen atoms in total. The van der Waals surface area contributed by atoms with Crippen molar-refractivity contribution in [2.75, 3.05) is 18.9 Å². The van der Waals surface area contributed by atoms with Crippen molar-refractivity contribution in [1.82, 2.24) is 4.90 Å². The minimum absolute atomic E-state index is 0.0465. The highest BCUT2D eigenvalue weighted by atomic mass is 16.2. The average molecular weight is 204 g/mol. The summed E-state index contributed by atoms with van der Waals surface area (Å²) in [7, 11) is 2.00. The van der Waals surface area contributed by atoms with Gasteiger partial charge in [-0.3, -0.25) is 9.69 Å². The summed E-state index contributed by atoms with van der Waals surface area (Å²) in [6.07, 6.45) is 2.08. The summed E-state index contributed by atoms with van der Waals surface area (Å²) in [5.74, 6) is 0.112. The number of rotatable bonds is 2. The van der Waals surface area contributed by atoms with Gasteiger partial charge in [-0.2, -0.15) is 0 Å². The van der Waals surface area contributed by atoms with Crippen LogP contribution in [0.1, 0.15) is 12.8 Å². The number of benzene rings is 1. The van der Waals surface area contributed by atoms with Gasteiger partial charge in [0.05, 0.1) is 6.04 Å². The van der Waals surface area contributed by atoms with E-state index in [0.29, 0.717) is 0 Å². The molecule has 1 saturated heterocycles. The first kappa shape index (κ1) is 10.2. The molecule has 0 aliphatic carbocycles. The molecule has 1 aliphatic rings. The first-order valence-corrected chi connectivity index (χ1v) is 5.33. The fourth-order valence-corrected chi connectivity index (χ4v) is 1.99. The number of para-hydroxylation sites is 1. The van der Waals surface area contributed by atoms with Crippen LogP contribution >= 0.6 is 0 Å². The average Bonchev–Trinajstić information content (AvgIpc) is 2.66. The predicted octanol–water partition coefficient (Wildman–Crippen LogP) is 1.72. The molecule has 0 aromatic heterocycles. The van der Waals surface area contributed by atoms with Crippen LogP contribution in [0.25, 0.3) is 0 Å². The molecular weight excluding hydrogens is 188 g/mol. The van der Waals surface area contributed by atoms with E-state index < -0.39 is 0 Å². The Bertz CT molecular complexity index is 337. The van der Waals surface area contributed by atoms with Gasteiger partial charge in [0.25, 0.3) is 0 Å². The molecule has 2 rings (SSSR count). The molecule has 0 radical (unpaired) electrons. The summed E-state index contributed by atoms with van der Waals surface area (Å²) in [5, 5.41) is 2.93. The van der Waals surface area contributed by atoms with Crippen LogP contribution in [0.4, 0.5) is 5.69 Å². The maximum Gasteiger partial charge on any atom is 0.241 e. The standard InChI is InChI=1S/C12H16N2O/c1-14-9-5-8-11(14)12(15)13-10-6-3-2-4-7-10/h2-4,6-7,11H,5,8-9H2,1H3,(H,13,15)/t11-/m1/s1. The summed E-state index contributed by atoms with van der Waals surface area (Å²) < 4.78 is 0. The van der Waals surface area contributed by atoms with E-state index in [1.54, 1.807) is 0 Å². The first-order chi connectivity index (χ1) is 7.27. The second-order valence-corrected chi connectivity index (χ2v) is 3.99. The van der Waals surface area contributed by atoms with Crippen LogP contribution in [0.3, 0.4) is 0 Å². The monoisotopic (exact) mass is 204 g/mol. The Hall–Kier alpha value is -1.35. The maximum absolute atomic E-state index is 11.9. The van der Waals surface area contributed by atoms with Crippen LogP contribution in [0.5, 0.6) is 0 Å². The predicted molar refractivity (Wildman–Crippen MR) is 60.7 cm³/mol. The van der Waals surface area contributed by atoms with Crippen molar-refractivity contribution in [3.8, 4) is 0 Å². The number of likely N-dealkylation sites (N-methyl/N-ethyl adjacent to an activating group) is 1. The molecule has 1 aromatic rings. The van der Waals surface area contributed by atoms with Gasteiger partial charge < -0.3 is 5.32 Å². The highest BCUT2D eigenvalue weighted by molar-refractivity contribution is 5.94. The van der Waals surface area contributed by atoms with E-state index in [2.05, 4.69) is 10.2 Å². The van der Waals surface area contributed by atoms with Crippen LogP contribution in [-0.4, -0.2) is 30.4 Å². The number of nitrogens with one attached hydrogen (secondary N) is 1. The topological polar surface area (TPSA) is 32.3 Å². The van der Waals surface area contributed by atoms with Crippen molar-refractivity contribution >= 4 is 11.6 Å². The molecule has 1 atom stereocenters. The Morgan fingerprint density at radius 1 is 1.40 bits per heavy atom. The van der Waals surface area contributed by atoms with Gasteiger partial charge in [0.2, 0.25) is 5.91 Å². The van der Waals surface area contributed by atoms with Gasteiger partial charge in [-0.25, -0.2) is 0 Å². The van der Waals surface area contributed by atoms with E-state index in [1.165, 1.54) is 0 Å². The lowest BCUT2D eigenvalue weighted by molar-refractivity contribution is -0.119. The fraction of sp³-hybridized carbons (Fsp3) is 0.417. The van der Waals surface area contributed by atoms with Crippen LogP contribution in [-0.2, 0) is 4.79 Å². The van der Waals surface area contributed by atoms with E-state index in [9.17, 15) is 4.79 Å². The van der Waals surface area contributed by atoms with E-state index in [4.69, 9.17) is 0 Å². The second kappa shape index (κ2) is 4.45. The van der Waals surface area contributed by atoms with Crippen molar-refractivity contribution in [2.24, 2.45) is 0 Å². The molecule has 0 unspecified atom stereocenters. The number of hydrogen-bond acceptors (Lipinski definition) is 2. The number of likely N-dealkylation sites (tertiary alicyclic amines) is 1. The van der Waals surface area contributed by atoms with Crippen molar-refractivity contribution in [2.45, 2.75) is 18.9 Å². The summed E-state index contributed by atoms with van der Waals surface area (Å²) in [6, 6.07) is 9.66. The van der Waals surface area contributed by atoms with Crippen molar-refractivity contribution in [3.05, 3.63) is 30.3 Å². The Morgan fingerprint density at radius 2 is 2.13 bits per heavy atom. The van der Waals surface area contributed by atoms with Crippen molar-refractivity contribution in [1.29, 1.82) is 0 Å². The summed E-state index contributed by atoms with van der Waals surface area (Å²) >= 11 is 0. The first-order valence-electron chi connectivity index (χ1n) is 5.33. The maximum atomic E-state index is 11.9. The van der Waals surface area contributed by atoms with Gasteiger partial charge in [0.15, 0.2) is 0 Å². The van der Waals surface area contributed by atoms with Gasteiger partial charge in [-0.15, -0.1) is 0 Å². The third-order valence-electron chi connectivity index (χ3n) is 2.86. The summed E-state index contributed by atoms with van der Waals surface area (Å²) in [4.78, 5) is 14.0. The molecule has 1 heterocycles. The number of hydrogen-bond donors (Lipinski definition) is 1. The van der Waals surface area contributed by atoms with Crippen LogP contribution in [0.2, 0.25) is 0 Å². The van der Waals surface area contributed by atoms with Gasteiger partial charge in [0.1, 0.15) is 0 Å². The van der Waals surface area contributed by atoms with E-state index in [1.807, 2.05) is 37.4 Å². The molecule has 1 amide bonds. The lowest BCUT2D eigenvalue weighted by Crippen LogP contribution is -2.37. The molecule has 15 heavy (non-hydrogen) atoms. The van der Waals surface area contributed by atoms with E-state index >= 15 is 0 Å². The zero-order valence-corrected chi connectivity index (χ0v) is 8.94. The number of nitrogens with zero attached hydrogens (tertiary/aromatic N) is 1. The van der Waals surface area contributed by atoms with Gasteiger partial charge in [-0.05, 0) is 38.6 Å². The summed E-state index contributed by atoms with van der Waals surface area (Å²) in [6.45, 7) is 1.02. The Morgan fingerprint density at radius 3 is 2.73 bits per heavy atom. The third-order valence-corrected chi connectivity index (χ3v) is 2.86. The highest BCUT2D eigenvalue weighted by Crippen LogP contribution is 2.16. The molecule has 1 aliphatic heterocycles. The van der Waals surface area contributed by atoms with Crippen molar-refractivity contribution in [3.63, 3.8) is 0 Å². The third kappa shape index (κ3) is 2.36. The SMILES string of the molecule is CN1CCC[C@@H]1C(=O)Nc1ccccc1. The van der Waals surface area contributed by atoms with E-state index in [0.717, 1.165) is 25.1 Å². The zero-order valence-electron chi connectivity index (χ0n) is 8.94. The highest BCUT2D eigenvalue weighted by Gasteiger charge is 2.27. The number of carbonyl (C=O) groups excluding carboxylic acids is 1. The molecule has 80 valence electrons. The Kier molecular flexibility index (Phi) is 3.02. The summed E-state index contributed by atoms with van der Waals surface area (Å²) in [5.41, 5.74) is 0.878. The molecule has 1 N–H and O–H groups in total. The number of carbonyl (C=O) groups is 1. The second-order valence-electron chi connectivity index (χ2n) is 3.99. The lowest BCUT2D eigenvalue weighted by atomic mass is 10.2. The smallest absolute Gasteiger partial charge is 0.241 e. The van der Waals surface area contributed by atoms with Crippen LogP contribution in [0, 0.1) is 0 Å². The van der Waals surface area contributed by atoms with Crippen LogP contribution < -0.4 is 5.32 Å². The largest absolute Gasteiger partial charge is 0.325 e. The molecule has 0 spiro atoms. The molecular formula is C12H16N2O. The van der Waals surface area contributed by atoms with Gasteiger partial charge in [0, 0.05) is 5.69 Å². The molecule has 0 bridgehead atoms.